The van der Waals surface area contributed by atoms with Crippen LogP contribution in [0, 0.1) is 5.82 Å². The number of rotatable bonds is 4. The molecule has 3 rings (SSSR count). The van der Waals surface area contributed by atoms with Crippen molar-refractivity contribution < 1.29 is 13.9 Å². The van der Waals surface area contributed by atoms with E-state index in [-0.39, 0.29) is 11.9 Å². The average Bonchev–Trinajstić information content (AvgIpc) is 2.97. The Hall–Kier alpha value is -1.40. The van der Waals surface area contributed by atoms with Crippen molar-refractivity contribution in [1.29, 1.82) is 0 Å². The summed E-state index contributed by atoms with van der Waals surface area (Å²) in [5.41, 5.74) is 0.591. The minimum Gasteiger partial charge on any atom is -0.494 e. The van der Waals surface area contributed by atoms with E-state index in [9.17, 15) is 4.39 Å². The third kappa shape index (κ3) is 2.71. The van der Waals surface area contributed by atoms with Crippen molar-refractivity contribution in [2.75, 3.05) is 19.5 Å². The van der Waals surface area contributed by atoms with Crippen LogP contribution in [0.5, 0.6) is 5.75 Å². The molecular formula is C14H15FN2O2S. The highest BCUT2D eigenvalue weighted by molar-refractivity contribution is 7.99. The number of aromatic nitrogens is 2. The Balaban J connectivity index is 1.89. The molecule has 0 amide bonds. The molecule has 0 aliphatic carbocycles. The van der Waals surface area contributed by atoms with Crippen LogP contribution in [0.25, 0.3) is 10.9 Å². The molecule has 6 heteroatoms. The van der Waals surface area contributed by atoms with Crippen LogP contribution in [0.4, 0.5) is 4.39 Å². The summed E-state index contributed by atoms with van der Waals surface area (Å²) in [6.07, 6.45) is 3.96. The highest BCUT2D eigenvalue weighted by Gasteiger charge is 2.17. The van der Waals surface area contributed by atoms with Gasteiger partial charge in [0.05, 0.1) is 18.7 Å². The third-order valence-electron chi connectivity index (χ3n) is 3.30. The summed E-state index contributed by atoms with van der Waals surface area (Å²) in [5, 5.41) is 1.65. The van der Waals surface area contributed by atoms with Crippen LogP contribution in [-0.4, -0.2) is 35.5 Å². The molecule has 1 aliphatic heterocycles. The minimum atomic E-state index is -0.409. The monoisotopic (exact) mass is 294 g/mol. The Morgan fingerprint density at radius 1 is 1.45 bits per heavy atom. The maximum Gasteiger partial charge on any atom is 0.167 e. The first-order valence-corrected chi connectivity index (χ1v) is 7.49. The molecule has 1 aromatic carbocycles. The fourth-order valence-corrected chi connectivity index (χ4v) is 3.30. The van der Waals surface area contributed by atoms with Crippen LogP contribution in [0.15, 0.2) is 23.5 Å². The lowest BCUT2D eigenvalue weighted by atomic mass is 10.2. The number of thioether (sulfide) groups is 1. The Morgan fingerprint density at radius 2 is 2.35 bits per heavy atom. The Morgan fingerprint density at radius 3 is 3.10 bits per heavy atom. The fourth-order valence-electron chi connectivity index (χ4n) is 2.25. The van der Waals surface area contributed by atoms with Gasteiger partial charge in [-0.2, -0.15) is 0 Å². The molecule has 0 bridgehead atoms. The lowest BCUT2D eigenvalue weighted by molar-refractivity contribution is 0.129. The van der Waals surface area contributed by atoms with Crippen LogP contribution in [0.1, 0.15) is 12.8 Å². The highest BCUT2D eigenvalue weighted by Crippen LogP contribution is 2.31. The number of halogens is 1. The van der Waals surface area contributed by atoms with Gasteiger partial charge in [0.1, 0.15) is 11.4 Å². The van der Waals surface area contributed by atoms with Gasteiger partial charge >= 0.3 is 0 Å². The molecule has 106 valence electrons. The maximum absolute atomic E-state index is 13.7. The molecule has 1 atom stereocenters. The second kappa shape index (κ2) is 5.93. The minimum absolute atomic E-state index is 0.214. The largest absolute Gasteiger partial charge is 0.494 e. The van der Waals surface area contributed by atoms with Crippen molar-refractivity contribution in [3.63, 3.8) is 0 Å². The molecule has 1 aliphatic rings. The van der Waals surface area contributed by atoms with E-state index in [4.69, 9.17) is 9.47 Å². The van der Waals surface area contributed by atoms with Gasteiger partial charge in [0.25, 0.3) is 0 Å². The van der Waals surface area contributed by atoms with Crippen molar-refractivity contribution in [2.45, 2.75) is 24.0 Å². The average molecular weight is 294 g/mol. The van der Waals surface area contributed by atoms with Crippen molar-refractivity contribution in [2.24, 2.45) is 0 Å². The standard InChI is InChI=1S/C14H15FN2O2S/c1-18-13-5-10-12(6-11(13)15)16-8-17-14(10)20-7-9-3-2-4-19-9/h5-6,8-9H,2-4,7H2,1H3/t9-/m1/s1. The quantitative estimate of drug-likeness (QED) is 0.640. The summed E-state index contributed by atoms with van der Waals surface area (Å²) < 4.78 is 24.3. The predicted octanol–water partition coefficient (Wildman–Crippen LogP) is 3.05. The molecule has 20 heavy (non-hydrogen) atoms. The Bertz CT molecular complexity index is 617. The summed E-state index contributed by atoms with van der Waals surface area (Å²) in [4.78, 5) is 8.40. The third-order valence-corrected chi connectivity index (χ3v) is 4.44. The number of fused-ring (bicyclic) bond motifs is 1. The molecule has 2 heterocycles. The fraction of sp³-hybridized carbons (Fsp3) is 0.429. The van der Waals surface area contributed by atoms with E-state index in [1.807, 2.05) is 0 Å². The molecule has 2 aromatic rings. The zero-order valence-electron chi connectivity index (χ0n) is 11.1. The van der Waals surface area contributed by atoms with E-state index < -0.39 is 5.82 Å². The lowest BCUT2D eigenvalue weighted by Crippen LogP contribution is -2.08. The SMILES string of the molecule is COc1cc2c(SC[C@H]3CCCO3)ncnc2cc1F. The molecule has 0 unspecified atom stereocenters. The number of ether oxygens (including phenoxy) is 2. The van der Waals surface area contributed by atoms with Gasteiger partial charge in [-0.15, -0.1) is 11.8 Å². The van der Waals surface area contributed by atoms with E-state index in [0.29, 0.717) is 5.52 Å². The van der Waals surface area contributed by atoms with E-state index in [2.05, 4.69) is 9.97 Å². The van der Waals surface area contributed by atoms with Crippen LogP contribution < -0.4 is 4.74 Å². The first kappa shape index (κ1) is 13.6. The summed E-state index contributed by atoms with van der Waals surface area (Å²) >= 11 is 1.62. The van der Waals surface area contributed by atoms with Gasteiger partial charge in [-0.3, -0.25) is 0 Å². The molecule has 1 saturated heterocycles. The normalized spacial score (nSPS) is 18.6. The summed E-state index contributed by atoms with van der Waals surface area (Å²) in [7, 11) is 1.45. The maximum atomic E-state index is 13.7. The van der Waals surface area contributed by atoms with Gasteiger partial charge < -0.3 is 9.47 Å². The molecule has 1 aromatic heterocycles. The first-order chi connectivity index (χ1) is 9.78. The number of hydrogen-bond acceptors (Lipinski definition) is 5. The lowest BCUT2D eigenvalue weighted by Gasteiger charge is -2.10. The summed E-state index contributed by atoms with van der Waals surface area (Å²) in [6.45, 7) is 0.842. The molecule has 0 N–H and O–H groups in total. The van der Waals surface area contributed by atoms with Crippen molar-refractivity contribution in [3.05, 3.63) is 24.3 Å². The van der Waals surface area contributed by atoms with Gasteiger partial charge in [0.15, 0.2) is 11.6 Å². The number of methoxy groups -OCH3 is 1. The summed E-state index contributed by atoms with van der Waals surface area (Å²) in [6, 6.07) is 3.04. The van der Waals surface area contributed by atoms with Crippen molar-refractivity contribution >= 4 is 22.7 Å². The van der Waals surface area contributed by atoms with Crippen molar-refractivity contribution in [3.8, 4) is 5.75 Å². The molecular weight excluding hydrogens is 279 g/mol. The Kier molecular flexibility index (Phi) is 4.03. The Labute approximate surface area is 120 Å². The van der Waals surface area contributed by atoms with Crippen LogP contribution >= 0.6 is 11.8 Å². The van der Waals surface area contributed by atoms with Gasteiger partial charge in [-0.05, 0) is 18.9 Å². The summed E-state index contributed by atoms with van der Waals surface area (Å²) in [5.74, 6) is 0.659. The molecule has 1 fully saturated rings. The van der Waals surface area contributed by atoms with Gasteiger partial charge in [-0.1, -0.05) is 0 Å². The zero-order valence-corrected chi connectivity index (χ0v) is 12.0. The molecule has 0 spiro atoms. The highest BCUT2D eigenvalue weighted by atomic mass is 32.2. The number of nitrogens with zero attached hydrogens (tertiary/aromatic N) is 2. The smallest absolute Gasteiger partial charge is 0.167 e. The molecule has 0 saturated carbocycles. The van der Waals surface area contributed by atoms with Crippen LogP contribution in [-0.2, 0) is 4.74 Å². The number of benzene rings is 1. The van der Waals surface area contributed by atoms with Crippen LogP contribution in [0.3, 0.4) is 0 Å². The van der Waals surface area contributed by atoms with E-state index in [0.717, 1.165) is 35.6 Å². The van der Waals surface area contributed by atoms with Gasteiger partial charge in [0, 0.05) is 23.8 Å². The van der Waals surface area contributed by atoms with E-state index in [1.54, 1.807) is 17.8 Å². The van der Waals surface area contributed by atoms with Gasteiger partial charge in [0.2, 0.25) is 0 Å². The van der Waals surface area contributed by atoms with E-state index in [1.165, 1.54) is 19.5 Å². The topological polar surface area (TPSA) is 44.2 Å². The second-order valence-corrected chi connectivity index (χ2v) is 5.64. The molecule has 0 radical (unpaired) electrons. The zero-order chi connectivity index (χ0) is 13.9. The molecule has 4 nitrogen and oxygen atoms in total. The number of hydrogen-bond donors (Lipinski definition) is 0. The predicted molar refractivity (Wildman–Crippen MR) is 75.7 cm³/mol. The van der Waals surface area contributed by atoms with Crippen LogP contribution in [0.2, 0.25) is 0 Å². The van der Waals surface area contributed by atoms with E-state index >= 15 is 0 Å². The second-order valence-electron chi connectivity index (χ2n) is 4.63. The van der Waals surface area contributed by atoms with Gasteiger partial charge in [-0.25, -0.2) is 14.4 Å². The first-order valence-electron chi connectivity index (χ1n) is 6.50. The van der Waals surface area contributed by atoms with Crippen molar-refractivity contribution in [1.82, 2.24) is 9.97 Å².